The first-order valence-electron chi connectivity index (χ1n) is 14.6. The summed E-state index contributed by atoms with van der Waals surface area (Å²) in [4.78, 5) is 47.1. The second kappa shape index (κ2) is 14.5. The van der Waals surface area contributed by atoms with E-state index < -0.39 is 70.2 Å². The largest absolute Gasteiger partial charge is 0.415 e. The van der Waals surface area contributed by atoms with Crippen LogP contribution >= 0.6 is 11.3 Å². The van der Waals surface area contributed by atoms with E-state index in [-0.39, 0.29) is 35.1 Å². The normalized spacial score (nSPS) is 19.7. The van der Waals surface area contributed by atoms with Gasteiger partial charge in [0, 0.05) is 24.9 Å². The van der Waals surface area contributed by atoms with E-state index in [0.717, 1.165) is 29.7 Å². The number of likely N-dealkylation sites (N-methyl/N-ethyl adjacent to an activating group) is 2. The summed E-state index contributed by atoms with van der Waals surface area (Å²) in [6.45, 7) is 10.1. The van der Waals surface area contributed by atoms with Gasteiger partial charge in [0.2, 0.25) is 46.6 Å². The predicted octanol–water partition coefficient (Wildman–Crippen LogP) is 4.98. The number of aliphatic hydroxyl groups is 1. The van der Waals surface area contributed by atoms with Gasteiger partial charge in [0.15, 0.2) is 5.69 Å². The van der Waals surface area contributed by atoms with Crippen LogP contribution in [0.5, 0.6) is 5.75 Å². The van der Waals surface area contributed by atoms with Gasteiger partial charge in [-0.2, -0.15) is 8.78 Å². The molecule has 0 radical (unpaired) electrons. The van der Waals surface area contributed by atoms with Crippen molar-refractivity contribution in [1.29, 1.82) is 0 Å². The zero-order valence-corrected chi connectivity index (χ0v) is 27.0. The molecule has 0 spiro atoms. The topological polar surface area (TPSA) is 112 Å². The molecule has 15 heteroatoms. The van der Waals surface area contributed by atoms with Crippen LogP contribution in [-0.4, -0.2) is 75.9 Å². The van der Waals surface area contributed by atoms with Gasteiger partial charge in [0.25, 0.3) is 0 Å². The second-order valence-electron chi connectivity index (χ2n) is 12.0. The third-order valence-corrected chi connectivity index (χ3v) is 9.66. The molecule has 2 amide bonds. The average Bonchev–Trinajstić information content (AvgIpc) is 3.64. The van der Waals surface area contributed by atoms with Crippen molar-refractivity contribution in [1.82, 2.24) is 20.1 Å². The number of nitrogens with zero attached hydrogens (tertiary/aromatic N) is 3. The van der Waals surface area contributed by atoms with E-state index in [1.54, 1.807) is 7.05 Å². The van der Waals surface area contributed by atoms with Crippen LogP contribution < -0.4 is 10.1 Å². The van der Waals surface area contributed by atoms with Crippen LogP contribution in [0.15, 0.2) is 5.38 Å². The maximum atomic E-state index is 14.0. The molecule has 45 heavy (non-hydrogen) atoms. The standard InChI is InChI=1S/C30H39F5N4O5S/c1-8-15(4)24(37-29(43)30(5)10-9-11-38(30)6)27(41)39(7)17(14(2)3)12-18(40)26-36-16(13-45-26)28(42)44-25-22(34)20(32)19(31)21(33)23(25)35/h13-15,17-18,24,40H,8-12H2,1-7H3,(H,37,43)/t15-,17+,18+,24-,30+/m0/s1. The molecule has 0 aliphatic carbocycles. The Hall–Kier alpha value is -3.17. The number of nitrogens with one attached hydrogen (secondary N) is 1. The Morgan fingerprint density at radius 2 is 1.69 bits per heavy atom. The zero-order valence-electron chi connectivity index (χ0n) is 26.2. The summed E-state index contributed by atoms with van der Waals surface area (Å²) < 4.78 is 72.7. The van der Waals surface area contributed by atoms with Crippen molar-refractivity contribution in [3.05, 3.63) is 45.2 Å². The van der Waals surface area contributed by atoms with E-state index in [1.807, 2.05) is 46.6 Å². The molecule has 1 saturated heterocycles. The van der Waals surface area contributed by atoms with Crippen LogP contribution in [0.25, 0.3) is 0 Å². The average molecular weight is 663 g/mol. The Morgan fingerprint density at radius 3 is 2.20 bits per heavy atom. The molecule has 0 bridgehead atoms. The molecule has 2 heterocycles. The highest BCUT2D eigenvalue weighted by atomic mass is 32.1. The summed E-state index contributed by atoms with van der Waals surface area (Å²) in [5.41, 5.74) is -1.27. The number of amides is 2. The van der Waals surface area contributed by atoms with E-state index in [2.05, 4.69) is 15.0 Å². The first-order valence-corrected chi connectivity index (χ1v) is 15.5. The highest BCUT2D eigenvalue weighted by Crippen LogP contribution is 2.32. The van der Waals surface area contributed by atoms with Crippen molar-refractivity contribution < 1.29 is 46.2 Å². The Labute approximate surface area is 262 Å². The molecule has 9 nitrogen and oxygen atoms in total. The number of rotatable bonds is 12. The maximum absolute atomic E-state index is 14.0. The van der Waals surface area contributed by atoms with Crippen LogP contribution in [-0.2, 0) is 9.59 Å². The number of benzene rings is 1. The fourth-order valence-corrected chi connectivity index (χ4v) is 6.09. The van der Waals surface area contributed by atoms with Crippen molar-refractivity contribution in [3.8, 4) is 5.75 Å². The molecule has 1 aromatic carbocycles. The van der Waals surface area contributed by atoms with Gasteiger partial charge in [0.05, 0.1) is 5.54 Å². The number of esters is 1. The summed E-state index contributed by atoms with van der Waals surface area (Å²) in [6.07, 6.45) is 0.813. The molecule has 2 aromatic rings. The number of likely N-dealkylation sites (tertiary alicyclic amines) is 1. The third-order valence-electron chi connectivity index (χ3n) is 8.71. The maximum Gasteiger partial charge on any atom is 0.363 e. The lowest BCUT2D eigenvalue weighted by Gasteiger charge is -2.38. The van der Waals surface area contributed by atoms with Crippen LogP contribution in [0.2, 0.25) is 0 Å². The predicted molar refractivity (Wildman–Crippen MR) is 156 cm³/mol. The Balaban J connectivity index is 1.76. The molecule has 1 fully saturated rings. The van der Waals surface area contributed by atoms with Gasteiger partial charge < -0.3 is 20.1 Å². The summed E-state index contributed by atoms with van der Waals surface area (Å²) in [7, 11) is 3.46. The lowest BCUT2D eigenvalue weighted by molar-refractivity contribution is -0.142. The first kappa shape index (κ1) is 36.3. The second-order valence-corrected chi connectivity index (χ2v) is 12.9. The minimum absolute atomic E-state index is 0.00478. The van der Waals surface area contributed by atoms with Gasteiger partial charge >= 0.3 is 5.97 Å². The zero-order chi connectivity index (χ0) is 34.0. The SMILES string of the molecule is CC[C@H](C)[C@H](NC(=O)[C@@]1(C)CCCN1C)C(=O)N(C)[C@H](C[C@@H](O)c1nc(C(=O)Oc2c(F)c(F)c(F)c(F)c2F)cs1)C(C)C. The highest BCUT2D eigenvalue weighted by molar-refractivity contribution is 7.09. The van der Waals surface area contributed by atoms with Crippen molar-refractivity contribution in [2.75, 3.05) is 20.6 Å². The Morgan fingerprint density at radius 1 is 1.11 bits per heavy atom. The highest BCUT2D eigenvalue weighted by Gasteiger charge is 2.43. The first-order chi connectivity index (χ1) is 21.0. The van der Waals surface area contributed by atoms with Crippen LogP contribution in [0.4, 0.5) is 22.0 Å². The smallest absolute Gasteiger partial charge is 0.363 e. The molecule has 0 unspecified atom stereocenters. The number of thiazole rings is 1. The fraction of sp³-hybridized carbons (Fsp3) is 0.600. The molecule has 250 valence electrons. The van der Waals surface area contributed by atoms with E-state index in [9.17, 15) is 41.4 Å². The number of ether oxygens (including phenoxy) is 1. The molecule has 1 aliphatic heterocycles. The lowest BCUT2D eigenvalue weighted by atomic mass is 9.91. The molecule has 0 saturated carbocycles. The summed E-state index contributed by atoms with van der Waals surface area (Å²) in [6, 6.07) is -1.37. The lowest BCUT2D eigenvalue weighted by Crippen LogP contribution is -2.60. The molecule has 1 aliphatic rings. The Bertz CT molecular complexity index is 1400. The van der Waals surface area contributed by atoms with Gasteiger partial charge in [-0.25, -0.2) is 22.9 Å². The summed E-state index contributed by atoms with van der Waals surface area (Å²) >= 11 is 0.802. The van der Waals surface area contributed by atoms with Gasteiger partial charge in [0.1, 0.15) is 17.2 Å². The molecule has 3 rings (SSSR count). The van der Waals surface area contributed by atoms with E-state index in [0.29, 0.717) is 12.8 Å². The van der Waals surface area contributed by atoms with Crippen LogP contribution in [0.3, 0.4) is 0 Å². The number of carbonyl (C=O) groups excluding carboxylic acids is 3. The molecular weight excluding hydrogens is 623 g/mol. The number of carbonyl (C=O) groups is 3. The summed E-state index contributed by atoms with van der Waals surface area (Å²) in [5.74, 6) is -15.8. The van der Waals surface area contributed by atoms with E-state index in [4.69, 9.17) is 0 Å². The van der Waals surface area contributed by atoms with Crippen LogP contribution in [0.1, 0.15) is 81.9 Å². The molecular formula is C30H39F5N4O5S. The van der Waals surface area contributed by atoms with E-state index in [1.165, 1.54) is 4.90 Å². The minimum Gasteiger partial charge on any atom is -0.415 e. The van der Waals surface area contributed by atoms with Crippen molar-refractivity contribution in [2.24, 2.45) is 11.8 Å². The van der Waals surface area contributed by atoms with Gasteiger partial charge in [-0.05, 0) is 45.2 Å². The number of aromatic nitrogens is 1. The number of hydrogen-bond donors (Lipinski definition) is 2. The van der Waals surface area contributed by atoms with Crippen molar-refractivity contribution in [3.63, 3.8) is 0 Å². The summed E-state index contributed by atoms with van der Waals surface area (Å²) in [5, 5.41) is 15.1. The number of halogens is 5. The van der Waals surface area contributed by atoms with Gasteiger partial charge in [-0.3, -0.25) is 14.5 Å². The molecule has 5 atom stereocenters. The van der Waals surface area contributed by atoms with Crippen LogP contribution in [0, 0.1) is 40.9 Å². The number of hydrogen-bond acceptors (Lipinski definition) is 8. The van der Waals surface area contributed by atoms with Gasteiger partial charge in [-0.1, -0.05) is 34.1 Å². The quantitative estimate of drug-likeness (QED) is 0.108. The number of aliphatic hydroxyl groups excluding tert-OH is 1. The van der Waals surface area contributed by atoms with E-state index >= 15 is 0 Å². The molecule has 1 aromatic heterocycles. The minimum atomic E-state index is -2.40. The molecule has 2 N–H and O–H groups in total. The monoisotopic (exact) mass is 662 g/mol. The van der Waals surface area contributed by atoms with Crippen molar-refractivity contribution in [2.45, 2.75) is 84.0 Å². The Kier molecular flexibility index (Phi) is 11.7. The fourth-order valence-electron chi connectivity index (χ4n) is 5.31. The van der Waals surface area contributed by atoms with Gasteiger partial charge in [-0.15, -0.1) is 11.3 Å². The van der Waals surface area contributed by atoms with Crippen molar-refractivity contribution >= 4 is 29.1 Å². The third kappa shape index (κ3) is 7.46.